The van der Waals surface area contributed by atoms with Crippen molar-refractivity contribution in [2.24, 2.45) is 7.05 Å². The normalized spacial score (nSPS) is 11.8. The van der Waals surface area contributed by atoms with Crippen molar-refractivity contribution in [2.75, 3.05) is 0 Å². The number of aromatic nitrogens is 1. The number of pyridine rings is 1. The third-order valence-corrected chi connectivity index (χ3v) is 6.13. The molecular weight excluding hydrogens is 354 g/mol. The van der Waals surface area contributed by atoms with Crippen molar-refractivity contribution in [3.63, 3.8) is 0 Å². The maximum absolute atomic E-state index is 6.48. The van der Waals surface area contributed by atoms with E-state index in [1.165, 1.54) is 43.6 Å². The zero-order valence-corrected chi connectivity index (χ0v) is 16.4. The number of aryl methyl sites for hydroxylation is 2. The molecule has 0 atom stereocenters. The number of rotatable bonds is 1. The molecule has 29 heavy (non-hydrogen) atoms. The lowest BCUT2D eigenvalue weighted by molar-refractivity contribution is -0.633. The van der Waals surface area contributed by atoms with E-state index in [2.05, 4.69) is 97.4 Å². The molecule has 0 radical (unpaired) electrons. The van der Waals surface area contributed by atoms with E-state index >= 15 is 0 Å². The standard InChI is InChI=1S/C27H20NO/c1-17-19-10-4-5-11-20(19)26-21-12-6-8-14-24(21)29-27(26)25(17)23-16-15-18-9-3-7-13-22(18)28(23)2/h3-16H,1-2H3/q+1. The lowest BCUT2D eigenvalue weighted by atomic mass is 9.93. The molecule has 0 aliphatic rings. The minimum atomic E-state index is 0.933. The number of hydrogen-bond acceptors (Lipinski definition) is 1. The van der Waals surface area contributed by atoms with E-state index < -0.39 is 0 Å². The predicted molar refractivity (Wildman–Crippen MR) is 120 cm³/mol. The molecule has 138 valence electrons. The van der Waals surface area contributed by atoms with Gasteiger partial charge >= 0.3 is 0 Å². The van der Waals surface area contributed by atoms with Gasteiger partial charge in [-0.2, -0.15) is 4.57 Å². The van der Waals surface area contributed by atoms with E-state index in [1.54, 1.807) is 0 Å². The molecule has 0 saturated heterocycles. The Morgan fingerprint density at radius 2 is 1.38 bits per heavy atom. The first-order chi connectivity index (χ1) is 14.2. The Kier molecular flexibility index (Phi) is 3.33. The van der Waals surface area contributed by atoms with Gasteiger partial charge in [-0.3, -0.25) is 0 Å². The fourth-order valence-corrected chi connectivity index (χ4v) is 4.73. The lowest BCUT2D eigenvalue weighted by Crippen LogP contribution is -2.32. The summed E-state index contributed by atoms with van der Waals surface area (Å²) in [6.07, 6.45) is 0. The zero-order chi connectivity index (χ0) is 19.5. The fourth-order valence-electron chi connectivity index (χ4n) is 4.73. The van der Waals surface area contributed by atoms with Crippen molar-refractivity contribution >= 4 is 43.6 Å². The lowest BCUT2D eigenvalue weighted by Gasteiger charge is -2.11. The van der Waals surface area contributed by atoms with E-state index in [0.717, 1.165) is 16.9 Å². The second-order valence-corrected chi connectivity index (χ2v) is 7.68. The number of nitrogens with zero attached hydrogens (tertiary/aromatic N) is 1. The van der Waals surface area contributed by atoms with Crippen LogP contribution in [0.25, 0.3) is 54.9 Å². The van der Waals surface area contributed by atoms with Crippen LogP contribution in [0.15, 0.2) is 89.3 Å². The number of hydrogen-bond donors (Lipinski definition) is 0. The average Bonchev–Trinajstić information content (AvgIpc) is 3.15. The molecule has 0 spiro atoms. The Balaban J connectivity index is 1.86. The minimum Gasteiger partial charge on any atom is -0.455 e. The molecule has 2 aromatic heterocycles. The molecule has 2 heterocycles. The summed E-state index contributed by atoms with van der Waals surface area (Å²) in [4.78, 5) is 0. The summed E-state index contributed by atoms with van der Waals surface area (Å²) in [6.45, 7) is 2.21. The van der Waals surface area contributed by atoms with Gasteiger partial charge < -0.3 is 4.42 Å². The molecule has 0 bridgehead atoms. The highest BCUT2D eigenvalue weighted by atomic mass is 16.3. The van der Waals surface area contributed by atoms with Crippen LogP contribution in [0.4, 0.5) is 0 Å². The molecule has 4 aromatic carbocycles. The van der Waals surface area contributed by atoms with Crippen LogP contribution in [0.1, 0.15) is 5.56 Å². The van der Waals surface area contributed by atoms with E-state index in [0.29, 0.717) is 0 Å². The highest BCUT2D eigenvalue weighted by Crippen LogP contribution is 2.42. The molecule has 0 amide bonds. The smallest absolute Gasteiger partial charge is 0.216 e. The maximum Gasteiger partial charge on any atom is 0.216 e. The van der Waals surface area contributed by atoms with E-state index in [9.17, 15) is 0 Å². The van der Waals surface area contributed by atoms with Gasteiger partial charge in [0.05, 0.1) is 5.56 Å². The van der Waals surface area contributed by atoms with Crippen molar-refractivity contribution in [3.8, 4) is 11.3 Å². The van der Waals surface area contributed by atoms with Crippen molar-refractivity contribution < 1.29 is 8.98 Å². The van der Waals surface area contributed by atoms with Gasteiger partial charge in [0.15, 0.2) is 0 Å². The molecule has 0 aliphatic carbocycles. The van der Waals surface area contributed by atoms with Crippen LogP contribution in [0.5, 0.6) is 0 Å². The zero-order valence-electron chi connectivity index (χ0n) is 16.4. The van der Waals surface area contributed by atoms with Crippen LogP contribution in [0.3, 0.4) is 0 Å². The monoisotopic (exact) mass is 374 g/mol. The number of fused-ring (bicyclic) bond motifs is 6. The quantitative estimate of drug-likeness (QED) is 0.293. The molecule has 2 heteroatoms. The summed E-state index contributed by atoms with van der Waals surface area (Å²) in [5.74, 6) is 0. The molecule has 2 nitrogen and oxygen atoms in total. The third kappa shape index (κ3) is 2.20. The first-order valence-electron chi connectivity index (χ1n) is 9.95. The first kappa shape index (κ1) is 16.3. The van der Waals surface area contributed by atoms with Crippen molar-refractivity contribution in [2.45, 2.75) is 6.92 Å². The minimum absolute atomic E-state index is 0.933. The van der Waals surface area contributed by atoms with Gasteiger partial charge in [0.2, 0.25) is 11.2 Å². The molecular formula is C27H20NO+. The summed E-state index contributed by atoms with van der Waals surface area (Å²) >= 11 is 0. The fraction of sp³-hybridized carbons (Fsp3) is 0.0741. The van der Waals surface area contributed by atoms with Gasteiger partial charge in [0, 0.05) is 28.3 Å². The Hall–Kier alpha value is -3.65. The Morgan fingerprint density at radius 3 is 2.24 bits per heavy atom. The van der Waals surface area contributed by atoms with Crippen LogP contribution in [-0.2, 0) is 7.05 Å². The van der Waals surface area contributed by atoms with Crippen molar-refractivity contribution in [3.05, 3.63) is 90.5 Å². The molecule has 0 aliphatic heterocycles. The predicted octanol–water partition coefficient (Wildman–Crippen LogP) is 6.69. The van der Waals surface area contributed by atoms with E-state index in [4.69, 9.17) is 4.42 Å². The summed E-state index contributed by atoms with van der Waals surface area (Å²) < 4.78 is 8.76. The number of para-hydroxylation sites is 2. The summed E-state index contributed by atoms with van der Waals surface area (Å²) in [7, 11) is 2.14. The molecule has 0 saturated carbocycles. The van der Waals surface area contributed by atoms with Crippen LogP contribution in [-0.4, -0.2) is 0 Å². The highest BCUT2D eigenvalue weighted by Gasteiger charge is 2.24. The number of furan rings is 1. The summed E-state index contributed by atoms with van der Waals surface area (Å²) in [6, 6.07) is 29.9. The molecule has 6 rings (SSSR count). The van der Waals surface area contributed by atoms with E-state index in [-0.39, 0.29) is 0 Å². The van der Waals surface area contributed by atoms with Crippen LogP contribution < -0.4 is 4.57 Å². The van der Waals surface area contributed by atoms with Crippen LogP contribution in [0.2, 0.25) is 0 Å². The van der Waals surface area contributed by atoms with Gasteiger partial charge in [-0.25, -0.2) is 0 Å². The Labute approximate surface area is 168 Å². The van der Waals surface area contributed by atoms with Crippen molar-refractivity contribution in [1.82, 2.24) is 0 Å². The van der Waals surface area contributed by atoms with Gasteiger partial charge in [-0.05, 0) is 41.5 Å². The molecule has 0 unspecified atom stereocenters. The summed E-state index contributed by atoms with van der Waals surface area (Å²) in [5.41, 5.74) is 6.69. The van der Waals surface area contributed by atoms with Crippen molar-refractivity contribution in [1.29, 1.82) is 0 Å². The largest absolute Gasteiger partial charge is 0.455 e. The second kappa shape index (κ2) is 5.92. The number of benzene rings is 4. The highest BCUT2D eigenvalue weighted by molar-refractivity contribution is 6.23. The van der Waals surface area contributed by atoms with E-state index in [1.807, 2.05) is 6.07 Å². The second-order valence-electron chi connectivity index (χ2n) is 7.68. The average molecular weight is 374 g/mol. The van der Waals surface area contributed by atoms with Gasteiger partial charge in [0.25, 0.3) is 0 Å². The van der Waals surface area contributed by atoms with Crippen LogP contribution >= 0.6 is 0 Å². The third-order valence-electron chi connectivity index (χ3n) is 6.13. The SMILES string of the molecule is Cc1c(-c2ccc3ccccc3[n+]2C)c2oc3ccccc3c2c2ccccc12. The Morgan fingerprint density at radius 1 is 0.690 bits per heavy atom. The van der Waals surface area contributed by atoms with Crippen LogP contribution in [0, 0.1) is 6.92 Å². The maximum atomic E-state index is 6.48. The molecule has 0 fully saturated rings. The topological polar surface area (TPSA) is 17.0 Å². The molecule has 6 aromatic rings. The van der Waals surface area contributed by atoms with Gasteiger partial charge in [0.1, 0.15) is 18.2 Å². The molecule has 0 N–H and O–H groups in total. The Bertz CT molecular complexity index is 1570. The summed E-state index contributed by atoms with van der Waals surface area (Å²) in [5, 5.41) is 6.12. The van der Waals surface area contributed by atoms with Gasteiger partial charge in [-0.15, -0.1) is 0 Å². The first-order valence-corrected chi connectivity index (χ1v) is 9.95. The van der Waals surface area contributed by atoms with Gasteiger partial charge in [-0.1, -0.05) is 54.6 Å².